The van der Waals surface area contributed by atoms with Crippen LogP contribution in [0.4, 0.5) is 5.82 Å². The zero-order chi connectivity index (χ0) is 12.5. The van der Waals surface area contributed by atoms with Gasteiger partial charge in [-0.05, 0) is 6.54 Å². The molecule has 0 saturated carbocycles. The fourth-order valence-electron chi connectivity index (χ4n) is 1.58. The first-order chi connectivity index (χ1) is 8.33. The first kappa shape index (κ1) is 13.4. The van der Waals surface area contributed by atoms with Gasteiger partial charge in [0.1, 0.15) is 12.1 Å². The molecule has 0 aliphatic carbocycles. The third-order valence-electron chi connectivity index (χ3n) is 2.33. The van der Waals surface area contributed by atoms with Crippen molar-refractivity contribution in [1.29, 1.82) is 0 Å². The summed E-state index contributed by atoms with van der Waals surface area (Å²) >= 11 is 0. The van der Waals surface area contributed by atoms with Crippen LogP contribution in [0.25, 0.3) is 0 Å². The molecule has 0 fully saturated rings. The van der Waals surface area contributed by atoms with Gasteiger partial charge < -0.3 is 10.2 Å². The Bertz CT molecular complexity index is 352. The molecule has 1 aromatic heterocycles. The maximum absolute atomic E-state index is 4.35. The molecule has 1 N–H and O–H groups in total. The highest BCUT2D eigenvalue weighted by Crippen LogP contribution is 2.15. The summed E-state index contributed by atoms with van der Waals surface area (Å²) < 4.78 is 0. The molecule has 0 aliphatic rings. The second kappa shape index (κ2) is 7.57. The van der Waals surface area contributed by atoms with Crippen LogP contribution in [0.5, 0.6) is 0 Å². The van der Waals surface area contributed by atoms with Crippen molar-refractivity contribution in [3.8, 4) is 0 Å². The van der Waals surface area contributed by atoms with Crippen LogP contribution in [0.1, 0.15) is 12.5 Å². The van der Waals surface area contributed by atoms with Gasteiger partial charge in [-0.3, -0.25) is 0 Å². The summed E-state index contributed by atoms with van der Waals surface area (Å²) in [6.45, 7) is 12.8. The van der Waals surface area contributed by atoms with Crippen molar-refractivity contribution in [2.75, 3.05) is 24.5 Å². The predicted molar refractivity (Wildman–Crippen MR) is 72.0 cm³/mol. The molecule has 0 bridgehead atoms. The van der Waals surface area contributed by atoms with Gasteiger partial charge in [0, 0.05) is 31.4 Å². The molecule has 0 aromatic carbocycles. The van der Waals surface area contributed by atoms with E-state index in [9.17, 15) is 0 Å². The standard InChI is InChI=1S/C13H20N4/c1-4-7-17(8-5-2)13-12(9-14-6-3)10-15-11-16-13/h4-5,10-11,14H,1-2,6-9H2,3H3. The molecule has 0 radical (unpaired) electrons. The van der Waals surface area contributed by atoms with Gasteiger partial charge in [0.15, 0.2) is 0 Å². The van der Waals surface area contributed by atoms with Gasteiger partial charge in [0.2, 0.25) is 0 Å². The van der Waals surface area contributed by atoms with Crippen molar-refractivity contribution in [1.82, 2.24) is 15.3 Å². The largest absolute Gasteiger partial charge is 0.349 e. The Kier molecular flexibility index (Phi) is 5.96. The van der Waals surface area contributed by atoms with E-state index < -0.39 is 0 Å². The topological polar surface area (TPSA) is 41.1 Å². The lowest BCUT2D eigenvalue weighted by molar-refractivity contribution is 0.716. The van der Waals surface area contributed by atoms with Crippen LogP contribution in [0.3, 0.4) is 0 Å². The van der Waals surface area contributed by atoms with E-state index in [4.69, 9.17) is 0 Å². The molecule has 92 valence electrons. The quantitative estimate of drug-likeness (QED) is 0.693. The fourth-order valence-corrected chi connectivity index (χ4v) is 1.58. The lowest BCUT2D eigenvalue weighted by atomic mass is 10.2. The molecule has 0 unspecified atom stereocenters. The van der Waals surface area contributed by atoms with Crippen molar-refractivity contribution in [3.05, 3.63) is 43.4 Å². The maximum Gasteiger partial charge on any atom is 0.137 e. The average molecular weight is 232 g/mol. The normalized spacial score (nSPS) is 9.94. The minimum Gasteiger partial charge on any atom is -0.349 e. The summed E-state index contributed by atoms with van der Waals surface area (Å²) in [6, 6.07) is 0. The molecule has 0 saturated heterocycles. The molecule has 1 rings (SSSR count). The monoisotopic (exact) mass is 232 g/mol. The molecular weight excluding hydrogens is 212 g/mol. The molecule has 0 aliphatic heterocycles. The molecule has 1 heterocycles. The van der Waals surface area contributed by atoms with Gasteiger partial charge >= 0.3 is 0 Å². The van der Waals surface area contributed by atoms with Gasteiger partial charge in [-0.15, -0.1) is 13.2 Å². The Morgan fingerprint density at radius 1 is 1.35 bits per heavy atom. The predicted octanol–water partition coefficient (Wildman–Crippen LogP) is 1.76. The number of aromatic nitrogens is 2. The first-order valence-electron chi connectivity index (χ1n) is 5.79. The Hall–Kier alpha value is -1.68. The van der Waals surface area contributed by atoms with Crippen LogP contribution < -0.4 is 10.2 Å². The van der Waals surface area contributed by atoms with E-state index >= 15 is 0 Å². The van der Waals surface area contributed by atoms with Gasteiger partial charge in [0.05, 0.1) is 0 Å². The van der Waals surface area contributed by atoms with Crippen molar-refractivity contribution in [3.63, 3.8) is 0 Å². The SMILES string of the molecule is C=CCN(CC=C)c1ncncc1CNCC. The van der Waals surface area contributed by atoms with E-state index in [0.717, 1.165) is 37.6 Å². The number of hydrogen-bond acceptors (Lipinski definition) is 4. The first-order valence-corrected chi connectivity index (χ1v) is 5.79. The smallest absolute Gasteiger partial charge is 0.137 e. The lowest BCUT2D eigenvalue weighted by Gasteiger charge is -2.22. The van der Waals surface area contributed by atoms with Crippen molar-refractivity contribution >= 4 is 5.82 Å². The summed E-state index contributed by atoms with van der Waals surface area (Å²) in [7, 11) is 0. The number of nitrogens with zero attached hydrogens (tertiary/aromatic N) is 3. The van der Waals surface area contributed by atoms with Crippen LogP contribution in [-0.2, 0) is 6.54 Å². The highest BCUT2D eigenvalue weighted by molar-refractivity contribution is 5.46. The van der Waals surface area contributed by atoms with Gasteiger partial charge in [-0.2, -0.15) is 0 Å². The third-order valence-corrected chi connectivity index (χ3v) is 2.33. The summed E-state index contributed by atoms with van der Waals surface area (Å²) in [5.74, 6) is 0.945. The van der Waals surface area contributed by atoms with Crippen LogP contribution >= 0.6 is 0 Å². The highest BCUT2D eigenvalue weighted by atomic mass is 15.2. The zero-order valence-electron chi connectivity index (χ0n) is 10.4. The highest BCUT2D eigenvalue weighted by Gasteiger charge is 2.10. The number of hydrogen-bond donors (Lipinski definition) is 1. The van der Waals surface area contributed by atoms with Crippen LogP contribution in [-0.4, -0.2) is 29.6 Å². The molecule has 0 atom stereocenters. The minimum absolute atomic E-state index is 0.752. The van der Waals surface area contributed by atoms with E-state index in [2.05, 4.69) is 40.3 Å². The van der Waals surface area contributed by atoms with Crippen LogP contribution in [0.15, 0.2) is 37.8 Å². The number of anilines is 1. The van der Waals surface area contributed by atoms with Crippen molar-refractivity contribution in [2.24, 2.45) is 0 Å². The second-order valence-electron chi connectivity index (χ2n) is 3.63. The summed E-state index contributed by atoms with van der Waals surface area (Å²) in [5, 5.41) is 3.29. The Labute approximate surface area is 103 Å². The molecule has 4 heteroatoms. The number of rotatable bonds is 8. The Morgan fingerprint density at radius 2 is 2.06 bits per heavy atom. The van der Waals surface area contributed by atoms with E-state index in [0.29, 0.717) is 0 Å². The molecule has 1 aromatic rings. The lowest BCUT2D eigenvalue weighted by Crippen LogP contribution is -2.27. The summed E-state index contributed by atoms with van der Waals surface area (Å²) in [4.78, 5) is 10.5. The second-order valence-corrected chi connectivity index (χ2v) is 3.63. The molecular formula is C13H20N4. The van der Waals surface area contributed by atoms with Crippen molar-refractivity contribution < 1.29 is 0 Å². The van der Waals surface area contributed by atoms with E-state index in [-0.39, 0.29) is 0 Å². The molecule has 4 nitrogen and oxygen atoms in total. The van der Waals surface area contributed by atoms with Gasteiger partial charge in [-0.25, -0.2) is 9.97 Å². The van der Waals surface area contributed by atoms with Gasteiger partial charge in [0.25, 0.3) is 0 Å². The zero-order valence-corrected chi connectivity index (χ0v) is 10.4. The molecule has 0 spiro atoms. The van der Waals surface area contributed by atoms with Gasteiger partial charge in [-0.1, -0.05) is 19.1 Å². The van der Waals surface area contributed by atoms with Crippen LogP contribution in [0, 0.1) is 0 Å². The Balaban J connectivity index is 2.90. The van der Waals surface area contributed by atoms with E-state index in [1.54, 1.807) is 6.33 Å². The average Bonchev–Trinajstić information content (AvgIpc) is 2.36. The fraction of sp³-hybridized carbons (Fsp3) is 0.385. The van der Waals surface area contributed by atoms with Crippen molar-refractivity contribution in [2.45, 2.75) is 13.5 Å². The maximum atomic E-state index is 4.35. The Morgan fingerprint density at radius 3 is 2.65 bits per heavy atom. The summed E-state index contributed by atoms with van der Waals surface area (Å²) in [5.41, 5.74) is 1.10. The van der Waals surface area contributed by atoms with E-state index in [1.165, 1.54) is 0 Å². The van der Waals surface area contributed by atoms with E-state index in [1.807, 2.05) is 18.3 Å². The molecule has 0 amide bonds. The minimum atomic E-state index is 0.752. The number of nitrogens with one attached hydrogen (secondary N) is 1. The third kappa shape index (κ3) is 4.00. The molecule has 17 heavy (non-hydrogen) atoms. The van der Waals surface area contributed by atoms with Crippen LogP contribution in [0.2, 0.25) is 0 Å². The summed E-state index contributed by atoms with van der Waals surface area (Å²) in [6.07, 6.45) is 7.15.